The first kappa shape index (κ1) is 16.8. The van der Waals surface area contributed by atoms with Crippen molar-refractivity contribution in [2.24, 2.45) is 0 Å². The van der Waals surface area contributed by atoms with Gasteiger partial charge in [0.25, 0.3) is 0 Å². The first-order valence-corrected chi connectivity index (χ1v) is 8.33. The summed E-state index contributed by atoms with van der Waals surface area (Å²) in [7, 11) is 0. The summed E-state index contributed by atoms with van der Waals surface area (Å²) in [6.07, 6.45) is 0. The second kappa shape index (κ2) is 7.71. The molecule has 0 heterocycles. The van der Waals surface area contributed by atoms with Crippen LogP contribution in [0.2, 0.25) is 0 Å². The van der Waals surface area contributed by atoms with Crippen LogP contribution in [0, 0.1) is 0 Å². The summed E-state index contributed by atoms with van der Waals surface area (Å²) >= 11 is 0. The fourth-order valence-electron chi connectivity index (χ4n) is 2.66. The molecule has 25 heavy (non-hydrogen) atoms. The summed E-state index contributed by atoms with van der Waals surface area (Å²) in [5.41, 5.74) is 0.489. The summed E-state index contributed by atoms with van der Waals surface area (Å²) in [6, 6.07) is 18.3. The molecule has 3 aromatic rings. The van der Waals surface area contributed by atoms with Gasteiger partial charge in [-0.3, -0.25) is 0 Å². The Morgan fingerprint density at radius 1 is 0.800 bits per heavy atom. The van der Waals surface area contributed by atoms with Gasteiger partial charge in [-0.05, 0) is 26.0 Å². The largest absolute Gasteiger partial charge is 0.493 e. The molecule has 3 rings (SSSR count). The molecule has 0 aliphatic rings. The van der Waals surface area contributed by atoms with Gasteiger partial charge in [0.2, 0.25) is 0 Å². The highest BCUT2D eigenvalue weighted by Crippen LogP contribution is 2.42. The Bertz CT molecular complexity index is 872. The average molecular weight is 336 g/mol. The van der Waals surface area contributed by atoms with E-state index in [0.29, 0.717) is 36.0 Å². The third-order valence-corrected chi connectivity index (χ3v) is 3.73. The zero-order valence-corrected chi connectivity index (χ0v) is 14.3. The van der Waals surface area contributed by atoms with E-state index in [1.165, 1.54) is 0 Å². The minimum Gasteiger partial charge on any atom is -0.493 e. The highest BCUT2D eigenvalue weighted by Gasteiger charge is 2.19. The maximum Gasteiger partial charge on any atom is 0.343 e. The maximum atomic E-state index is 12.5. The number of rotatable bonds is 6. The molecule has 0 saturated carbocycles. The van der Waals surface area contributed by atoms with Crippen molar-refractivity contribution < 1.29 is 19.0 Å². The number of carbonyl (C=O) groups excluding carboxylic acids is 1. The topological polar surface area (TPSA) is 44.8 Å². The van der Waals surface area contributed by atoms with Crippen molar-refractivity contribution in [3.05, 3.63) is 66.2 Å². The standard InChI is InChI=1S/C21H20O4/c1-3-23-18-14-19(24-4-2)20(17-13-9-8-12-16(17)18)25-21(22)15-10-6-5-7-11-15/h5-14H,3-4H2,1-2H3. The van der Waals surface area contributed by atoms with Gasteiger partial charge in [0.1, 0.15) is 5.75 Å². The van der Waals surface area contributed by atoms with Crippen LogP contribution in [0.4, 0.5) is 0 Å². The van der Waals surface area contributed by atoms with E-state index in [0.717, 1.165) is 10.8 Å². The highest BCUT2D eigenvalue weighted by atomic mass is 16.6. The van der Waals surface area contributed by atoms with E-state index >= 15 is 0 Å². The zero-order valence-electron chi connectivity index (χ0n) is 14.3. The molecule has 0 fully saturated rings. The molecule has 0 aliphatic heterocycles. The van der Waals surface area contributed by atoms with Gasteiger partial charge in [-0.25, -0.2) is 4.79 Å². The van der Waals surface area contributed by atoms with Crippen LogP contribution in [0.5, 0.6) is 17.2 Å². The van der Waals surface area contributed by atoms with Crippen molar-refractivity contribution in [3.8, 4) is 17.2 Å². The lowest BCUT2D eigenvalue weighted by Crippen LogP contribution is -2.10. The normalized spacial score (nSPS) is 10.5. The number of fused-ring (bicyclic) bond motifs is 1. The van der Waals surface area contributed by atoms with Crippen LogP contribution in [0.15, 0.2) is 60.7 Å². The molecule has 4 nitrogen and oxygen atoms in total. The number of carbonyl (C=O) groups is 1. The van der Waals surface area contributed by atoms with Gasteiger partial charge in [0.05, 0.1) is 18.8 Å². The van der Waals surface area contributed by atoms with Gasteiger partial charge in [-0.1, -0.05) is 42.5 Å². The zero-order chi connectivity index (χ0) is 17.6. The quantitative estimate of drug-likeness (QED) is 0.476. The highest BCUT2D eigenvalue weighted by molar-refractivity contribution is 5.99. The molecule has 128 valence electrons. The molecular formula is C21H20O4. The molecule has 0 aromatic heterocycles. The summed E-state index contributed by atoms with van der Waals surface area (Å²) in [6.45, 7) is 4.81. The fourth-order valence-corrected chi connectivity index (χ4v) is 2.66. The minimum absolute atomic E-state index is 0.412. The van der Waals surface area contributed by atoms with Crippen molar-refractivity contribution in [2.75, 3.05) is 13.2 Å². The molecule has 0 radical (unpaired) electrons. The molecule has 0 unspecified atom stereocenters. The Morgan fingerprint density at radius 2 is 1.40 bits per heavy atom. The molecule has 0 N–H and O–H groups in total. The van der Waals surface area contributed by atoms with Crippen LogP contribution in [-0.4, -0.2) is 19.2 Å². The Hall–Kier alpha value is -3.01. The molecule has 0 atom stereocenters. The molecule has 0 amide bonds. The number of hydrogen-bond acceptors (Lipinski definition) is 4. The van der Waals surface area contributed by atoms with Gasteiger partial charge in [0, 0.05) is 16.8 Å². The monoisotopic (exact) mass is 336 g/mol. The predicted molar refractivity (Wildman–Crippen MR) is 97.7 cm³/mol. The Morgan fingerprint density at radius 3 is 2.08 bits per heavy atom. The van der Waals surface area contributed by atoms with Crippen LogP contribution in [0.1, 0.15) is 24.2 Å². The molecule has 4 heteroatoms. The van der Waals surface area contributed by atoms with Gasteiger partial charge in [0.15, 0.2) is 11.5 Å². The Labute approximate surface area is 146 Å². The van der Waals surface area contributed by atoms with E-state index in [4.69, 9.17) is 14.2 Å². The van der Waals surface area contributed by atoms with E-state index in [2.05, 4.69) is 0 Å². The number of benzene rings is 3. The fraction of sp³-hybridized carbons (Fsp3) is 0.190. The van der Waals surface area contributed by atoms with Crippen LogP contribution in [0.25, 0.3) is 10.8 Å². The molecule has 0 spiro atoms. The van der Waals surface area contributed by atoms with E-state index in [1.807, 2.05) is 44.2 Å². The third-order valence-electron chi connectivity index (χ3n) is 3.73. The summed E-state index contributed by atoms with van der Waals surface area (Å²) in [5, 5.41) is 1.66. The second-order valence-electron chi connectivity index (χ2n) is 5.37. The van der Waals surface area contributed by atoms with Crippen LogP contribution >= 0.6 is 0 Å². The van der Waals surface area contributed by atoms with Crippen molar-refractivity contribution in [3.63, 3.8) is 0 Å². The first-order valence-electron chi connectivity index (χ1n) is 8.33. The van der Waals surface area contributed by atoms with Crippen molar-refractivity contribution in [1.82, 2.24) is 0 Å². The van der Waals surface area contributed by atoms with E-state index in [9.17, 15) is 4.79 Å². The van der Waals surface area contributed by atoms with Crippen LogP contribution < -0.4 is 14.2 Å². The third kappa shape index (κ3) is 3.58. The first-order chi connectivity index (χ1) is 12.2. The minimum atomic E-state index is -0.420. The summed E-state index contributed by atoms with van der Waals surface area (Å²) in [4.78, 5) is 12.5. The van der Waals surface area contributed by atoms with E-state index in [1.54, 1.807) is 30.3 Å². The van der Waals surface area contributed by atoms with Crippen LogP contribution in [0.3, 0.4) is 0 Å². The Kier molecular flexibility index (Phi) is 5.19. The summed E-state index contributed by atoms with van der Waals surface area (Å²) < 4.78 is 17.2. The maximum absolute atomic E-state index is 12.5. The van der Waals surface area contributed by atoms with Gasteiger partial charge in [-0.2, -0.15) is 0 Å². The SMILES string of the molecule is CCOc1cc(OCC)c2ccccc2c1OC(=O)c1ccccc1. The molecule has 3 aromatic carbocycles. The second-order valence-corrected chi connectivity index (χ2v) is 5.37. The number of esters is 1. The van der Waals surface area contributed by atoms with Crippen molar-refractivity contribution in [2.45, 2.75) is 13.8 Å². The molecular weight excluding hydrogens is 316 g/mol. The Balaban J connectivity index is 2.10. The number of ether oxygens (including phenoxy) is 3. The van der Waals surface area contributed by atoms with Crippen molar-refractivity contribution >= 4 is 16.7 Å². The lowest BCUT2D eigenvalue weighted by atomic mass is 10.1. The van der Waals surface area contributed by atoms with Crippen LogP contribution in [-0.2, 0) is 0 Å². The smallest absolute Gasteiger partial charge is 0.343 e. The van der Waals surface area contributed by atoms with Gasteiger partial charge < -0.3 is 14.2 Å². The van der Waals surface area contributed by atoms with Gasteiger partial charge in [-0.15, -0.1) is 0 Å². The van der Waals surface area contributed by atoms with E-state index < -0.39 is 5.97 Å². The van der Waals surface area contributed by atoms with E-state index in [-0.39, 0.29) is 0 Å². The van der Waals surface area contributed by atoms with Crippen molar-refractivity contribution in [1.29, 1.82) is 0 Å². The number of hydrogen-bond donors (Lipinski definition) is 0. The average Bonchev–Trinajstić information content (AvgIpc) is 2.65. The lowest BCUT2D eigenvalue weighted by Gasteiger charge is -2.16. The predicted octanol–water partition coefficient (Wildman–Crippen LogP) is 4.86. The summed E-state index contributed by atoms with van der Waals surface area (Å²) in [5.74, 6) is 1.20. The lowest BCUT2D eigenvalue weighted by molar-refractivity contribution is 0.0731. The molecule has 0 aliphatic carbocycles. The molecule has 0 bridgehead atoms. The van der Waals surface area contributed by atoms with Gasteiger partial charge >= 0.3 is 5.97 Å². The molecule has 0 saturated heterocycles.